The number of ether oxygens (including phenoxy) is 2. The zero-order chi connectivity index (χ0) is 14.1. The minimum atomic E-state index is -0.887. The average Bonchev–Trinajstić information content (AvgIpc) is 2.48. The van der Waals surface area contributed by atoms with E-state index in [-0.39, 0.29) is 5.82 Å². The molecule has 1 unspecified atom stereocenters. The van der Waals surface area contributed by atoms with Gasteiger partial charge in [0.25, 0.3) is 0 Å². The van der Waals surface area contributed by atoms with E-state index in [9.17, 15) is 9.50 Å². The summed E-state index contributed by atoms with van der Waals surface area (Å²) in [6.45, 7) is 2.86. The predicted molar refractivity (Wildman–Crippen MR) is 72.6 cm³/mol. The molecule has 1 aliphatic rings. The van der Waals surface area contributed by atoms with Crippen LogP contribution in [0.5, 0.6) is 11.5 Å². The molecule has 3 rings (SSSR count). The standard InChI is InChI=1S/C16H15FO3/c1-10-2-4-12(17)9-13(10)16(18)11-3-5-14-15(8-11)20-7-6-19-14/h2-5,8-9,16,18H,6-7H2,1H3. The first-order chi connectivity index (χ1) is 9.65. The fourth-order valence-electron chi connectivity index (χ4n) is 2.32. The molecule has 1 heterocycles. The molecule has 0 aromatic heterocycles. The summed E-state index contributed by atoms with van der Waals surface area (Å²) in [6.07, 6.45) is -0.887. The molecule has 1 aliphatic heterocycles. The summed E-state index contributed by atoms with van der Waals surface area (Å²) in [5.41, 5.74) is 2.05. The van der Waals surface area contributed by atoms with Crippen molar-refractivity contribution in [2.45, 2.75) is 13.0 Å². The highest BCUT2D eigenvalue weighted by Crippen LogP contribution is 2.35. The van der Waals surface area contributed by atoms with E-state index in [2.05, 4.69) is 0 Å². The Hall–Kier alpha value is -2.07. The Labute approximate surface area is 116 Å². The van der Waals surface area contributed by atoms with Gasteiger partial charge in [-0.05, 0) is 47.9 Å². The highest BCUT2D eigenvalue weighted by molar-refractivity contribution is 5.46. The van der Waals surface area contributed by atoms with Gasteiger partial charge in [0.1, 0.15) is 25.1 Å². The van der Waals surface area contributed by atoms with Crippen LogP contribution in [0.3, 0.4) is 0 Å². The Kier molecular flexibility index (Phi) is 3.32. The lowest BCUT2D eigenvalue weighted by Crippen LogP contribution is -2.15. The number of aryl methyl sites for hydroxylation is 1. The summed E-state index contributed by atoms with van der Waals surface area (Å²) in [5, 5.41) is 10.4. The lowest BCUT2D eigenvalue weighted by atomic mass is 9.97. The molecular formula is C16H15FO3. The molecule has 1 atom stereocenters. The van der Waals surface area contributed by atoms with Crippen LogP contribution in [0, 0.1) is 12.7 Å². The molecule has 0 aliphatic carbocycles. The van der Waals surface area contributed by atoms with Gasteiger partial charge in [-0.1, -0.05) is 12.1 Å². The second kappa shape index (κ2) is 5.13. The van der Waals surface area contributed by atoms with Gasteiger partial charge in [-0.2, -0.15) is 0 Å². The summed E-state index contributed by atoms with van der Waals surface area (Å²) in [4.78, 5) is 0. The van der Waals surface area contributed by atoms with Crippen molar-refractivity contribution in [3.63, 3.8) is 0 Å². The summed E-state index contributed by atoms with van der Waals surface area (Å²) in [6, 6.07) is 9.67. The van der Waals surface area contributed by atoms with Crippen LogP contribution in [-0.2, 0) is 0 Å². The van der Waals surface area contributed by atoms with Crippen molar-refractivity contribution in [1.82, 2.24) is 0 Å². The van der Waals surface area contributed by atoms with Crippen LogP contribution >= 0.6 is 0 Å². The zero-order valence-corrected chi connectivity index (χ0v) is 11.1. The highest BCUT2D eigenvalue weighted by Gasteiger charge is 2.18. The maximum absolute atomic E-state index is 13.3. The van der Waals surface area contributed by atoms with Crippen molar-refractivity contribution in [2.24, 2.45) is 0 Å². The predicted octanol–water partition coefficient (Wildman–Crippen LogP) is 2.99. The molecule has 20 heavy (non-hydrogen) atoms. The van der Waals surface area contributed by atoms with Gasteiger partial charge in [0.05, 0.1) is 0 Å². The van der Waals surface area contributed by atoms with Gasteiger partial charge < -0.3 is 14.6 Å². The number of aliphatic hydroxyl groups is 1. The second-order valence-corrected chi connectivity index (χ2v) is 4.81. The lowest BCUT2D eigenvalue weighted by Gasteiger charge is -2.21. The number of fused-ring (bicyclic) bond motifs is 1. The monoisotopic (exact) mass is 274 g/mol. The molecule has 3 nitrogen and oxygen atoms in total. The molecule has 1 N–H and O–H groups in total. The van der Waals surface area contributed by atoms with Crippen LogP contribution in [0.25, 0.3) is 0 Å². The molecule has 2 aromatic carbocycles. The number of halogens is 1. The fraction of sp³-hybridized carbons (Fsp3) is 0.250. The van der Waals surface area contributed by atoms with Gasteiger partial charge in [-0.25, -0.2) is 4.39 Å². The molecule has 0 fully saturated rings. The van der Waals surface area contributed by atoms with Crippen molar-refractivity contribution in [2.75, 3.05) is 13.2 Å². The Morgan fingerprint density at radius 3 is 2.60 bits per heavy atom. The largest absolute Gasteiger partial charge is 0.486 e. The summed E-state index contributed by atoms with van der Waals surface area (Å²) in [7, 11) is 0. The number of benzene rings is 2. The molecule has 0 saturated heterocycles. The SMILES string of the molecule is Cc1ccc(F)cc1C(O)c1ccc2c(c1)OCCO2. The van der Waals surface area contributed by atoms with E-state index in [0.717, 1.165) is 5.56 Å². The van der Waals surface area contributed by atoms with Crippen molar-refractivity contribution < 1.29 is 19.0 Å². The minimum absolute atomic E-state index is 0.359. The van der Waals surface area contributed by atoms with Gasteiger partial charge in [-0.3, -0.25) is 0 Å². The number of hydrogen-bond acceptors (Lipinski definition) is 3. The van der Waals surface area contributed by atoms with Crippen LogP contribution in [0.4, 0.5) is 4.39 Å². The molecule has 0 bridgehead atoms. The topological polar surface area (TPSA) is 38.7 Å². The lowest BCUT2D eigenvalue weighted by molar-refractivity contribution is 0.169. The quantitative estimate of drug-likeness (QED) is 0.915. The maximum atomic E-state index is 13.3. The van der Waals surface area contributed by atoms with Gasteiger partial charge in [0, 0.05) is 0 Å². The Morgan fingerprint density at radius 1 is 1.05 bits per heavy atom. The Morgan fingerprint density at radius 2 is 1.80 bits per heavy atom. The van der Waals surface area contributed by atoms with Gasteiger partial charge in [0.15, 0.2) is 11.5 Å². The highest BCUT2D eigenvalue weighted by atomic mass is 19.1. The van der Waals surface area contributed by atoms with Gasteiger partial charge in [-0.15, -0.1) is 0 Å². The molecule has 0 spiro atoms. The van der Waals surface area contributed by atoms with E-state index in [4.69, 9.17) is 9.47 Å². The normalized spacial score (nSPS) is 14.9. The molecule has 104 valence electrons. The zero-order valence-electron chi connectivity index (χ0n) is 11.1. The van der Waals surface area contributed by atoms with E-state index >= 15 is 0 Å². The molecule has 4 heteroatoms. The van der Waals surface area contributed by atoms with Gasteiger partial charge in [0.2, 0.25) is 0 Å². The van der Waals surface area contributed by atoms with Crippen molar-refractivity contribution in [1.29, 1.82) is 0 Å². The van der Waals surface area contributed by atoms with E-state index in [1.165, 1.54) is 12.1 Å². The average molecular weight is 274 g/mol. The van der Waals surface area contributed by atoms with Crippen molar-refractivity contribution in [3.8, 4) is 11.5 Å². The molecule has 0 amide bonds. The molecule has 0 saturated carbocycles. The third-order valence-corrected chi connectivity index (χ3v) is 3.42. The van der Waals surface area contributed by atoms with Crippen LogP contribution < -0.4 is 9.47 Å². The van der Waals surface area contributed by atoms with Gasteiger partial charge >= 0.3 is 0 Å². The number of rotatable bonds is 2. The summed E-state index contributed by atoms with van der Waals surface area (Å²) >= 11 is 0. The van der Waals surface area contributed by atoms with Crippen LogP contribution in [0.1, 0.15) is 22.8 Å². The van der Waals surface area contributed by atoms with Crippen molar-refractivity contribution in [3.05, 3.63) is 58.9 Å². The van der Waals surface area contributed by atoms with Crippen LogP contribution in [0.15, 0.2) is 36.4 Å². The van der Waals surface area contributed by atoms with Crippen LogP contribution in [0.2, 0.25) is 0 Å². The first-order valence-corrected chi connectivity index (χ1v) is 6.49. The molecule has 0 radical (unpaired) electrons. The Bertz CT molecular complexity index is 640. The maximum Gasteiger partial charge on any atom is 0.161 e. The van der Waals surface area contributed by atoms with E-state index in [1.54, 1.807) is 24.3 Å². The summed E-state index contributed by atoms with van der Waals surface area (Å²) in [5.74, 6) is 0.923. The van der Waals surface area contributed by atoms with Crippen molar-refractivity contribution >= 4 is 0 Å². The van der Waals surface area contributed by atoms with Crippen LogP contribution in [-0.4, -0.2) is 18.3 Å². The number of hydrogen-bond donors (Lipinski definition) is 1. The first kappa shape index (κ1) is 12.9. The smallest absolute Gasteiger partial charge is 0.161 e. The molecule has 2 aromatic rings. The Balaban J connectivity index is 1.97. The third kappa shape index (κ3) is 2.34. The fourth-order valence-corrected chi connectivity index (χ4v) is 2.32. The minimum Gasteiger partial charge on any atom is -0.486 e. The van der Waals surface area contributed by atoms with E-state index < -0.39 is 6.10 Å². The second-order valence-electron chi connectivity index (χ2n) is 4.81. The summed E-state index contributed by atoms with van der Waals surface area (Å²) < 4.78 is 24.3. The molecular weight excluding hydrogens is 259 g/mol. The van der Waals surface area contributed by atoms with E-state index in [0.29, 0.717) is 35.8 Å². The third-order valence-electron chi connectivity index (χ3n) is 3.42. The number of aliphatic hydroxyl groups excluding tert-OH is 1. The first-order valence-electron chi connectivity index (χ1n) is 6.49. The van der Waals surface area contributed by atoms with E-state index in [1.807, 2.05) is 6.92 Å².